The molecule has 0 aromatic rings. The first kappa shape index (κ1) is 8.05. The average Bonchev–Trinajstić information content (AvgIpc) is 2.04. The highest BCUT2D eigenvalue weighted by atomic mass is 16.5. The molecule has 0 saturated carbocycles. The molecule has 2 heterocycles. The second-order valence-electron chi connectivity index (χ2n) is 3.78. The van der Waals surface area contributed by atoms with Gasteiger partial charge in [-0.25, -0.2) is 0 Å². The fourth-order valence-electron chi connectivity index (χ4n) is 2.13. The first-order chi connectivity index (χ1) is 5.72. The Kier molecular flexibility index (Phi) is 1.83. The van der Waals surface area contributed by atoms with Gasteiger partial charge in [0, 0.05) is 13.0 Å². The number of fused-ring (bicyclic) bond motifs is 1. The Balaban J connectivity index is 2.18. The van der Waals surface area contributed by atoms with E-state index in [0.717, 1.165) is 32.4 Å². The monoisotopic (exact) mass is 169 g/mol. The normalized spacial score (nSPS) is 36.4. The maximum atomic E-state index is 11.5. The first-order valence-corrected chi connectivity index (χ1v) is 4.67. The van der Waals surface area contributed by atoms with Crippen LogP contribution in [0.1, 0.15) is 32.6 Å². The van der Waals surface area contributed by atoms with Crippen LogP contribution in [0.2, 0.25) is 0 Å². The molecule has 2 aliphatic rings. The van der Waals surface area contributed by atoms with Gasteiger partial charge < -0.3 is 9.64 Å². The second-order valence-corrected chi connectivity index (χ2v) is 3.78. The van der Waals surface area contributed by atoms with Crippen molar-refractivity contribution in [1.82, 2.24) is 4.90 Å². The summed E-state index contributed by atoms with van der Waals surface area (Å²) in [5.74, 6) is 0.267. The van der Waals surface area contributed by atoms with Crippen LogP contribution in [0, 0.1) is 0 Å². The number of piperidine rings is 1. The molecule has 3 nitrogen and oxygen atoms in total. The molecule has 2 aliphatic heterocycles. The molecule has 0 unspecified atom stereocenters. The maximum absolute atomic E-state index is 11.5. The lowest BCUT2D eigenvalue weighted by Crippen LogP contribution is -2.57. The Hall–Kier alpha value is -0.570. The minimum absolute atomic E-state index is 0.267. The van der Waals surface area contributed by atoms with Gasteiger partial charge in [-0.15, -0.1) is 0 Å². The van der Waals surface area contributed by atoms with E-state index in [-0.39, 0.29) is 11.6 Å². The Bertz CT molecular complexity index is 201. The van der Waals surface area contributed by atoms with Crippen molar-refractivity contribution in [3.8, 4) is 0 Å². The fraction of sp³-hybridized carbons (Fsp3) is 0.889. The van der Waals surface area contributed by atoms with Crippen molar-refractivity contribution in [2.45, 2.75) is 38.3 Å². The molecule has 0 bridgehead atoms. The van der Waals surface area contributed by atoms with Crippen molar-refractivity contribution < 1.29 is 9.53 Å². The standard InChI is InChI=1S/C9H15NO2/c1-9-5-2-4-8(11)10(9)6-3-7-12-9/h2-7H2,1H3/t9-/m1/s1. The zero-order valence-electron chi connectivity index (χ0n) is 7.51. The maximum Gasteiger partial charge on any atom is 0.224 e. The summed E-state index contributed by atoms with van der Waals surface area (Å²) in [6, 6.07) is 0. The first-order valence-electron chi connectivity index (χ1n) is 4.67. The number of hydrogen-bond donors (Lipinski definition) is 0. The summed E-state index contributed by atoms with van der Waals surface area (Å²) in [5.41, 5.74) is -0.270. The van der Waals surface area contributed by atoms with Crippen LogP contribution in [0.4, 0.5) is 0 Å². The molecule has 0 aromatic carbocycles. The molecule has 3 heteroatoms. The molecule has 0 aliphatic carbocycles. The fourth-order valence-corrected chi connectivity index (χ4v) is 2.13. The number of amides is 1. The highest BCUT2D eigenvalue weighted by molar-refractivity contribution is 5.77. The zero-order valence-corrected chi connectivity index (χ0v) is 7.51. The van der Waals surface area contributed by atoms with Crippen LogP contribution in [0.15, 0.2) is 0 Å². The van der Waals surface area contributed by atoms with Gasteiger partial charge in [0.15, 0.2) is 0 Å². The largest absolute Gasteiger partial charge is 0.356 e. The van der Waals surface area contributed by atoms with Crippen LogP contribution in [-0.2, 0) is 9.53 Å². The van der Waals surface area contributed by atoms with E-state index in [9.17, 15) is 4.79 Å². The summed E-state index contributed by atoms with van der Waals surface area (Å²) in [6.45, 7) is 3.72. The van der Waals surface area contributed by atoms with Gasteiger partial charge in [0.05, 0.1) is 6.61 Å². The Morgan fingerprint density at radius 1 is 1.50 bits per heavy atom. The van der Waals surface area contributed by atoms with Crippen molar-refractivity contribution in [2.24, 2.45) is 0 Å². The Labute approximate surface area is 72.7 Å². The van der Waals surface area contributed by atoms with Crippen molar-refractivity contribution in [2.75, 3.05) is 13.2 Å². The highest BCUT2D eigenvalue weighted by Crippen LogP contribution is 2.32. The molecule has 68 valence electrons. The molecule has 1 atom stereocenters. The SMILES string of the molecule is C[C@@]12CCCC(=O)N1CCCO2. The number of nitrogens with zero attached hydrogens (tertiary/aromatic N) is 1. The average molecular weight is 169 g/mol. The second kappa shape index (κ2) is 2.73. The number of rotatable bonds is 0. The van der Waals surface area contributed by atoms with Gasteiger partial charge in [0.2, 0.25) is 5.91 Å². The van der Waals surface area contributed by atoms with E-state index in [1.165, 1.54) is 0 Å². The van der Waals surface area contributed by atoms with Gasteiger partial charge in [0.25, 0.3) is 0 Å². The van der Waals surface area contributed by atoms with E-state index in [1.807, 2.05) is 11.8 Å². The van der Waals surface area contributed by atoms with E-state index < -0.39 is 0 Å². The summed E-state index contributed by atoms with van der Waals surface area (Å²) in [5, 5.41) is 0. The molecule has 2 rings (SSSR count). The van der Waals surface area contributed by atoms with E-state index in [2.05, 4.69) is 0 Å². The molecular formula is C9H15NO2. The molecule has 2 saturated heterocycles. The van der Waals surface area contributed by atoms with Crippen LogP contribution in [0.3, 0.4) is 0 Å². The van der Waals surface area contributed by atoms with Crippen LogP contribution < -0.4 is 0 Å². The summed E-state index contributed by atoms with van der Waals surface area (Å²) >= 11 is 0. The number of hydrogen-bond acceptors (Lipinski definition) is 2. The molecule has 0 radical (unpaired) electrons. The number of ether oxygens (including phenoxy) is 1. The van der Waals surface area contributed by atoms with Gasteiger partial charge >= 0.3 is 0 Å². The summed E-state index contributed by atoms with van der Waals surface area (Å²) in [4.78, 5) is 13.4. The minimum Gasteiger partial charge on any atom is -0.356 e. The zero-order chi connectivity index (χ0) is 8.60. The third-order valence-corrected chi connectivity index (χ3v) is 2.84. The smallest absolute Gasteiger partial charge is 0.224 e. The van der Waals surface area contributed by atoms with Gasteiger partial charge in [-0.3, -0.25) is 4.79 Å². The van der Waals surface area contributed by atoms with Gasteiger partial charge in [-0.1, -0.05) is 0 Å². The molecule has 0 spiro atoms. The predicted molar refractivity (Wildman–Crippen MR) is 44.5 cm³/mol. The Morgan fingerprint density at radius 2 is 2.33 bits per heavy atom. The summed E-state index contributed by atoms with van der Waals surface area (Å²) in [6.07, 6.45) is 3.67. The lowest BCUT2D eigenvalue weighted by molar-refractivity contribution is -0.199. The predicted octanol–water partition coefficient (Wildman–Crippen LogP) is 1.14. The summed E-state index contributed by atoms with van der Waals surface area (Å²) < 4.78 is 5.64. The van der Waals surface area contributed by atoms with Gasteiger partial charge in [0.1, 0.15) is 5.72 Å². The van der Waals surface area contributed by atoms with Crippen molar-refractivity contribution in [3.05, 3.63) is 0 Å². The van der Waals surface area contributed by atoms with E-state index in [4.69, 9.17) is 4.74 Å². The van der Waals surface area contributed by atoms with Crippen molar-refractivity contribution in [3.63, 3.8) is 0 Å². The molecule has 0 N–H and O–H groups in total. The van der Waals surface area contributed by atoms with Crippen LogP contribution in [0.25, 0.3) is 0 Å². The molecular weight excluding hydrogens is 154 g/mol. The van der Waals surface area contributed by atoms with Crippen molar-refractivity contribution >= 4 is 5.91 Å². The molecule has 1 amide bonds. The molecule has 2 fully saturated rings. The summed E-state index contributed by atoms with van der Waals surface area (Å²) in [7, 11) is 0. The number of carbonyl (C=O) groups excluding carboxylic acids is 1. The minimum atomic E-state index is -0.270. The Morgan fingerprint density at radius 3 is 3.08 bits per heavy atom. The van der Waals surface area contributed by atoms with Gasteiger partial charge in [-0.2, -0.15) is 0 Å². The third-order valence-electron chi connectivity index (χ3n) is 2.84. The molecule has 12 heavy (non-hydrogen) atoms. The van der Waals surface area contributed by atoms with Crippen molar-refractivity contribution in [1.29, 1.82) is 0 Å². The topological polar surface area (TPSA) is 29.5 Å². The van der Waals surface area contributed by atoms with Crippen LogP contribution >= 0.6 is 0 Å². The third kappa shape index (κ3) is 1.12. The van der Waals surface area contributed by atoms with E-state index in [1.54, 1.807) is 0 Å². The van der Waals surface area contributed by atoms with Crippen LogP contribution in [0.5, 0.6) is 0 Å². The lowest BCUT2D eigenvalue weighted by Gasteiger charge is -2.47. The number of carbonyl (C=O) groups is 1. The van der Waals surface area contributed by atoms with Gasteiger partial charge in [-0.05, 0) is 26.2 Å². The van der Waals surface area contributed by atoms with E-state index >= 15 is 0 Å². The lowest BCUT2D eigenvalue weighted by atomic mass is 9.97. The van der Waals surface area contributed by atoms with Crippen LogP contribution in [-0.4, -0.2) is 29.7 Å². The quantitative estimate of drug-likeness (QED) is 0.544. The highest BCUT2D eigenvalue weighted by Gasteiger charge is 2.40. The van der Waals surface area contributed by atoms with E-state index in [0.29, 0.717) is 6.42 Å². The molecule has 0 aromatic heterocycles.